The maximum absolute atomic E-state index is 11.8. The van der Waals surface area contributed by atoms with Gasteiger partial charge in [-0.2, -0.15) is 0 Å². The van der Waals surface area contributed by atoms with Gasteiger partial charge in [0.15, 0.2) is 0 Å². The van der Waals surface area contributed by atoms with Gasteiger partial charge in [0.05, 0.1) is 4.83 Å². The predicted octanol–water partition coefficient (Wildman–Crippen LogP) is 0.897. The molecule has 5 heteroatoms. The fraction of sp³-hybridized carbons (Fsp3) is 0.800. The third kappa shape index (κ3) is 3.48. The lowest BCUT2D eigenvalue weighted by Gasteiger charge is -2.21. The summed E-state index contributed by atoms with van der Waals surface area (Å²) in [6.45, 7) is 5.11. The number of likely N-dealkylation sites (tertiary alicyclic amines) is 1. The molecular formula is C10H17BrN2O2. The van der Waals surface area contributed by atoms with Gasteiger partial charge in [-0.05, 0) is 26.7 Å². The van der Waals surface area contributed by atoms with E-state index < -0.39 is 6.04 Å². The van der Waals surface area contributed by atoms with Crippen molar-refractivity contribution in [3.63, 3.8) is 0 Å². The number of carbonyl (C=O) groups excluding carboxylic acids is 2. The van der Waals surface area contributed by atoms with Gasteiger partial charge in [-0.3, -0.25) is 9.59 Å². The number of rotatable bonds is 3. The molecule has 0 aromatic rings. The summed E-state index contributed by atoms with van der Waals surface area (Å²) >= 11 is 3.16. The van der Waals surface area contributed by atoms with Crippen LogP contribution in [-0.2, 0) is 9.59 Å². The monoisotopic (exact) mass is 276 g/mol. The van der Waals surface area contributed by atoms with Crippen molar-refractivity contribution in [3.05, 3.63) is 0 Å². The Kier molecular flexibility index (Phi) is 4.57. The van der Waals surface area contributed by atoms with Gasteiger partial charge in [0, 0.05) is 13.1 Å². The first-order valence-electron chi connectivity index (χ1n) is 5.25. The number of nitrogens with zero attached hydrogens (tertiary/aromatic N) is 1. The standard InChI is InChI=1S/C10H17BrN2O2/c1-7(11)9(14)12-8(2)10(15)13-5-3-4-6-13/h7-8H,3-6H2,1-2H3,(H,12,14). The first kappa shape index (κ1) is 12.5. The molecule has 0 aromatic carbocycles. The van der Waals surface area contributed by atoms with Gasteiger partial charge in [-0.25, -0.2) is 0 Å². The summed E-state index contributed by atoms with van der Waals surface area (Å²) in [7, 11) is 0. The van der Waals surface area contributed by atoms with Crippen LogP contribution in [0.25, 0.3) is 0 Å². The molecule has 0 saturated carbocycles. The van der Waals surface area contributed by atoms with Crippen LogP contribution in [0.4, 0.5) is 0 Å². The molecular weight excluding hydrogens is 260 g/mol. The molecule has 15 heavy (non-hydrogen) atoms. The zero-order valence-corrected chi connectivity index (χ0v) is 10.7. The smallest absolute Gasteiger partial charge is 0.244 e. The Labute approximate surface area is 98.5 Å². The van der Waals surface area contributed by atoms with Crippen molar-refractivity contribution in [2.45, 2.75) is 37.6 Å². The van der Waals surface area contributed by atoms with Crippen molar-refractivity contribution < 1.29 is 9.59 Å². The Balaban J connectivity index is 2.42. The van der Waals surface area contributed by atoms with Gasteiger partial charge in [0.2, 0.25) is 11.8 Å². The highest BCUT2D eigenvalue weighted by molar-refractivity contribution is 9.10. The van der Waals surface area contributed by atoms with Gasteiger partial charge < -0.3 is 10.2 Å². The highest BCUT2D eigenvalue weighted by atomic mass is 79.9. The van der Waals surface area contributed by atoms with Crippen LogP contribution in [0.3, 0.4) is 0 Å². The van der Waals surface area contributed by atoms with Gasteiger partial charge >= 0.3 is 0 Å². The van der Waals surface area contributed by atoms with Crippen molar-refractivity contribution in [2.24, 2.45) is 0 Å². The van der Waals surface area contributed by atoms with E-state index in [9.17, 15) is 9.59 Å². The highest BCUT2D eigenvalue weighted by Crippen LogP contribution is 2.09. The summed E-state index contributed by atoms with van der Waals surface area (Å²) in [5, 5.41) is 2.68. The van der Waals surface area contributed by atoms with E-state index >= 15 is 0 Å². The SMILES string of the molecule is CC(Br)C(=O)NC(C)C(=O)N1CCCC1. The molecule has 2 atom stereocenters. The third-order valence-electron chi connectivity index (χ3n) is 2.51. The predicted molar refractivity (Wildman–Crippen MR) is 61.8 cm³/mol. The molecule has 1 saturated heterocycles. The number of hydrogen-bond acceptors (Lipinski definition) is 2. The molecule has 0 spiro atoms. The van der Waals surface area contributed by atoms with Crippen LogP contribution >= 0.6 is 15.9 Å². The summed E-state index contributed by atoms with van der Waals surface area (Å²) in [6, 6.07) is -0.421. The van der Waals surface area contributed by atoms with E-state index in [-0.39, 0.29) is 16.6 Å². The quantitative estimate of drug-likeness (QED) is 0.779. The summed E-state index contributed by atoms with van der Waals surface area (Å²) in [6.07, 6.45) is 2.14. The lowest BCUT2D eigenvalue weighted by molar-refractivity contribution is -0.134. The minimum atomic E-state index is -0.421. The number of carbonyl (C=O) groups is 2. The second kappa shape index (κ2) is 5.49. The number of halogens is 1. The molecule has 0 aliphatic carbocycles. The maximum Gasteiger partial charge on any atom is 0.244 e. The second-order valence-corrected chi connectivity index (χ2v) is 5.25. The number of alkyl halides is 1. The van der Waals surface area contributed by atoms with E-state index in [0.29, 0.717) is 0 Å². The summed E-state index contributed by atoms with van der Waals surface area (Å²) in [5.74, 6) is -0.121. The van der Waals surface area contributed by atoms with E-state index in [2.05, 4.69) is 21.2 Å². The Bertz CT molecular complexity index is 250. The maximum atomic E-state index is 11.8. The molecule has 1 fully saturated rings. The van der Waals surface area contributed by atoms with E-state index in [0.717, 1.165) is 25.9 Å². The molecule has 1 aliphatic rings. The Hall–Kier alpha value is -0.580. The van der Waals surface area contributed by atoms with Crippen LogP contribution in [0.1, 0.15) is 26.7 Å². The zero-order chi connectivity index (χ0) is 11.4. The zero-order valence-electron chi connectivity index (χ0n) is 9.12. The molecule has 0 aromatic heterocycles. The highest BCUT2D eigenvalue weighted by Gasteiger charge is 2.24. The van der Waals surface area contributed by atoms with Crippen LogP contribution in [-0.4, -0.2) is 40.7 Å². The largest absolute Gasteiger partial charge is 0.344 e. The number of hydrogen-bond donors (Lipinski definition) is 1. The van der Waals surface area contributed by atoms with Crippen molar-refractivity contribution >= 4 is 27.7 Å². The van der Waals surface area contributed by atoms with Gasteiger partial charge in [0.1, 0.15) is 6.04 Å². The van der Waals surface area contributed by atoms with E-state index in [1.807, 2.05) is 4.90 Å². The molecule has 0 radical (unpaired) electrons. The normalized spacial score (nSPS) is 19.8. The minimum absolute atomic E-state index is 0.0222. The third-order valence-corrected chi connectivity index (χ3v) is 2.92. The molecule has 1 N–H and O–H groups in total. The van der Waals surface area contributed by atoms with E-state index in [4.69, 9.17) is 0 Å². The summed E-state index contributed by atoms with van der Waals surface area (Å²) in [4.78, 5) is 24.7. The van der Waals surface area contributed by atoms with Crippen molar-refractivity contribution in [1.29, 1.82) is 0 Å². The average molecular weight is 277 g/mol. The van der Waals surface area contributed by atoms with Crippen molar-refractivity contribution in [1.82, 2.24) is 10.2 Å². The molecule has 4 nitrogen and oxygen atoms in total. The first-order chi connectivity index (χ1) is 7.02. The van der Waals surface area contributed by atoms with Crippen LogP contribution in [0, 0.1) is 0 Å². The van der Waals surface area contributed by atoms with Gasteiger partial charge in [-0.1, -0.05) is 15.9 Å². The molecule has 1 aliphatic heterocycles. The Morgan fingerprint density at radius 2 is 1.80 bits per heavy atom. The first-order valence-corrected chi connectivity index (χ1v) is 6.17. The minimum Gasteiger partial charge on any atom is -0.344 e. The molecule has 0 bridgehead atoms. The molecule has 1 rings (SSSR count). The second-order valence-electron chi connectivity index (χ2n) is 3.88. The van der Waals surface area contributed by atoms with Crippen molar-refractivity contribution in [3.8, 4) is 0 Å². The summed E-state index contributed by atoms with van der Waals surface area (Å²) < 4.78 is 0. The van der Waals surface area contributed by atoms with Gasteiger partial charge in [-0.15, -0.1) is 0 Å². The van der Waals surface area contributed by atoms with E-state index in [1.54, 1.807) is 13.8 Å². The molecule has 86 valence electrons. The van der Waals surface area contributed by atoms with Gasteiger partial charge in [0.25, 0.3) is 0 Å². The Morgan fingerprint density at radius 3 is 2.27 bits per heavy atom. The number of nitrogens with one attached hydrogen (secondary N) is 1. The Morgan fingerprint density at radius 1 is 1.27 bits per heavy atom. The molecule has 2 unspecified atom stereocenters. The van der Waals surface area contributed by atoms with Crippen LogP contribution < -0.4 is 5.32 Å². The van der Waals surface area contributed by atoms with E-state index in [1.165, 1.54) is 0 Å². The van der Waals surface area contributed by atoms with Crippen molar-refractivity contribution in [2.75, 3.05) is 13.1 Å². The number of amides is 2. The average Bonchev–Trinajstić information content (AvgIpc) is 2.68. The lowest BCUT2D eigenvalue weighted by atomic mass is 10.2. The fourth-order valence-corrected chi connectivity index (χ4v) is 1.73. The van der Waals surface area contributed by atoms with Crippen LogP contribution in [0.5, 0.6) is 0 Å². The topological polar surface area (TPSA) is 49.4 Å². The molecule has 2 amide bonds. The van der Waals surface area contributed by atoms with Crippen LogP contribution in [0.2, 0.25) is 0 Å². The summed E-state index contributed by atoms with van der Waals surface area (Å²) in [5.41, 5.74) is 0. The molecule has 1 heterocycles. The fourth-order valence-electron chi connectivity index (χ4n) is 1.60. The lowest BCUT2D eigenvalue weighted by Crippen LogP contribution is -2.47. The van der Waals surface area contributed by atoms with Crippen LogP contribution in [0.15, 0.2) is 0 Å².